The molecule has 4 heteroatoms. The van der Waals surface area contributed by atoms with Crippen molar-refractivity contribution >= 4 is 11.6 Å². The minimum Gasteiger partial charge on any atom is -0.490 e. The summed E-state index contributed by atoms with van der Waals surface area (Å²) in [6.45, 7) is 5.28. The first kappa shape index (κ1) is 17.7. The van der Waals surface area contributed by atoms with Crippen molar-refractivity contribution < 1.29 is 4.74 Å². The Labute approximate surface area is 161 Å². The van der Waals surface area contributed by atoms with Gasteiger partial charge < -0.3 is 15.0 Å². The third-order valence-electron chi connectivity index (χ3n) is 5.69. The molecule has 2 aliphatic heterocycles. The summed E-state index contributed by atoms with van der Waals surface area (Å²) in [5, 5.41) is 4.21. The van der Waals surface area contributed by atoms with Gasteiger partial charge in [-0.25, -0.2) is 0 Å². The number of hydrogen-bond donors (Lipinski definition) is 1. The fourth-order valence-electron chi connectivity index (χ4n) is 4.17. The van der Waals surface area contributed by atoms with E-state index in [1.54, 1.807) is 0 Å². The summed E-state index contributed by atoms with van der Waals surface area (Å²) in [7, 11) is 2.12. The van der Waals surface area contributed by atoms with E-state index in [1.807, 2.05) is 12.1 Å². The second kappa shape index (κ2) is 7.13. The topological polar surface area (TPSA) is 24.5 Å². The van der Waals surface area contributed by atoms with E-state index >= 15 is 0 Å². The van der Waals surface area contributed by atoms with Crippen molar-refractivity contribution in [3.8, 4) is 0 Å². The van der Waals surface area contributed by atoms with Crippen LogP contribution >= 0.6 is 11.6 Å². The summed E-state index contributed by atoms with van der Waals surface area (Å²) in [6, 6.07) is 8.24. The van der Waals surface area contributed by atoms with Crippen LogP contribution in [0.5, 0.6) is 0 Å². The van der Waals surface area contributed by atoms with Crippen LogP contribution in [0, 0.1) is 0 Å². The Bertz CT molecular complexity index is 776. The van der Waals surface area contributed by atoms with Crippen LogP contribution in [0.4, 0.5) is 0 Å². The van der Waals surface area contributed by atoms with Crippen molar-refractivity contribution in [2.75, 3.05) is 26.7 Å². The lowest BCUT2D eigenvalue weighted by atomic mass is 9.72. The first-order valence-corrected chi connectivity index (χ1v) is 9.88. The maximum atomic E-state index is 6.57. The molecule has 4 rings (SSSR count). The Kier molecular flexibility index (Phi) is 4.85. The Morgan fingerprint density at radius 3 is 2.85 bits per heavy atom. The molecule has 1 aromatic rings. The molecular formula is C22H27ClN2O. The molecule has 3 aliphatic rings. The van der Waals surface area contributed by atoms with Gasteiger partial charge in [-0.1, -0.05) is 30.7 Å². The molecule has 1 saturated heterocycles. The molecule has 0 amide bonds. The first-order valence-electron chi connectivity index (χ1n) is 9.51. The van der Waals surface area contributed by atoms with Crippen LogP contribution in [0.2, 0.25) is 5.02 Å². The van der Waals surface area contributed by atoms with E-state index in [1.165, 1.54) is 16.7 Å². The van der Waals surface area contributed by atoms with E-state index in [-0.39, 0.29) is 5.41 Å². The minimum atomic E-state index is -0.105. The second-order valence-electron chi connectivity index (χ2n) is 7.92. The highest BCUT2D eigenvalue weighted by atomic mass is 35.5. The van der Waals surface area contributed by atoms with E-state index < -0.39 is 0 Å². The largest absolute Gasteiger partial charge is 0.490 e. The predicted octanol–water partition coefficient (Wildman–Crippen LogP) is 4.41. The predicted molar refractivity (Wildman–Crippen MR) is 107 cm³/mol. The molecule has 1 fully saturated rings. The fourth-order valence-corrected chi connectivity index (χ4v) is 4.36. The number of benzene rings is 1. The summed E-state index contributed by atoms with van der Waals surface area (Å²) in [5.41, 5.74) is 3.87. The van der Waals surface area contributed by atoms with Crippen LogP contribution < -0.4 is 5.32 Å². The molecule has 1 unspecified atom stereocenters. The third-order valence-corrected chi connectivity index (χ3v) is 5.93. The summed E-state index contributed by atoms with van der Waals surface area (Å²) in [6.07, 6.45) is 10.2. The number of hydrogen-bond acceptors (Lipinski definition) is 3. The van der Waals surface area contributed by atoms with Gasteiger partial charge in [0.05, 0.1) is 0 Å². The summed E-state index contributed by atoms with van der Waals surface area (Å²) in [5.74, 6) is 1.07. The molecule has 26 heavy (non-hydrogen) atoms. The van der Waals surface area contributed by atoms with Crippen molar-refractivity contribution in [3.63, 3.8) is 0 Å². The molecule has 2 heterocycles. The van der Waals surface area contributed by atoms with Gasteiger partial charge in [-0.3, -0.25) is 0 Å². The summed E-state index contributed by atoms with van der Waals surface area (Å²) < 4.78 is 6.57. The zero-order valence-electron chi connectivity index (χ0n) is 15.6. The zero-order chi connectivity index (χ0) is 18.1. The van der Waals surface area contributed by atoms with Gasteiger partial charge in [0.1, 0.15) is 11.9 Å². The van der Waals surface area contributed by atoms with Gasteiger partial charge >= 0.3 is 0 Å². The molecule has 0 bridgehead atoms. The highest BCUT2D eigenvalue weighted by molar-refractivity contribution is 6.30. The lowest BCUT2D eigenvalue weighted by Gasteiger charge is -2.38. The molecule has 1 N–H and O–H groups in total. The molecule has 0 radical (unpaired) electrons. The molecular weight excluding hydrogens is 344 g/mol. The van der Waals surface area contributed by atoms with E-state index in [0.29, 0.717) is 6.10 Å². The van der Waals surface area contributed by atoms with Gasteiger partial charge in [0.25, 0.3) is 0 Å². The average molecular weight is 371 g/mol. The number of allylic oxidation sites excluding steroid dienone is 3. The Morgan fingerprint density at radius 1 is 1.27 bits per heavy atom. The molecule has 1 aliphatic carbocycles. The highest BCUT2D eigenvalue weighted by Crippen LogP contribution is 2.43. The molecule has 0 spiro atoms. The molecule has 0 saturated carbocycles. The van der Waals surface area contributed by atoms with E-state index in [0.717, 1.165) is 49.7 Å². The Balaban J connectivity index is 1.70. The number of halogens is 1. The minimum absolute atomic E-state index is 0.105. The maximum absolute atomic E-state index is 6.57. The van der Waals surface area contributed by atoms with Gasteiger partial charge in [-0.05, 0) is 74.0 Å². The van der Waals surface area contributed by atoms with Crippen LogP contribution in [0.3, 0.4) is 0 Å². The molecule has 3 nitrogen and oxygen atoms in total. The van der Waals surface area contributed by atoms with Crippen molar-refractivity contribution in [1.82, 2.24) is 10.2 Å². The van der Waals surface area contributed by atoms with Crippen LogP contribution in [0.25, 0.3) is 0 Å². The third kappa shape index (κ3) is 3.56. The lowest BCUT2D eigenvalue weighted by Crippen LogP contribution is -2.35. The van der Waals surface area contributed by atoms with Crippen molar-refractivity contribution in [1.29, 1.82) is 0 Å². The first-order chi connectivity index (χ1) is 12.5. The van der Waals surface area contributed by atoms with E-state index in [9.17, 15) is 0 Å². The number of ether oxygens (including phenoxy) is 1. The fraction of sp³-hybridized carbons (Fsp3) is 0.455. The Morgan fingerprint density at radius 2 is 2.08 bits per heavy atom. The van der Waals surface area contributed by atoms with Crippen molar-refractivity contribution in [2.24, 2.45) is 0 Å². The van der Waals surface area contributed by atoms with Crippen LogP contribution in [-0.4, -0.2) is 37.7 Å². The monoisotopic (exact) mass is 370 g/mol. The zero-order valence-corrected chi connectivity index (χ0v) is 16.4. The molecule has 138 valence electrons. The van der Waals surface area contributed by atoms with Gasteiger partial charge in [-0.15, -0.1) is 0 Å². The number of likely N-dealkylation sites (N-methyl/N-ethyl adjacent to an activating group) is 1. The van der Waals surface area contributed by atoms with E-state index in [2.05, 4.69) is 54.7 Å². The maximum Gasteiger partial charge on any atom is 0.121 e. The lowest BCUT2D eigenvalue weighted by molar-refractivity contribution is 0.0886. The van der Waals surface area contributed by atoms with Gasteiger partial charge in [0.2, 0.25) is 0 Å². The van der Waals surface area contributed by atoms with Crippen molar-refractivity contribution in [2.45, 2.75) is 37.7 Å². The number of nitrogens with one attached hydrogen (secondary N) is 1. The summed E-state index contributed by atoms with van der Waals surface area (Å²) >= 11 is 6.28. The number of piperidine rings is 1. The summed E-state index contributed by atoms with van der Waals surface area (Å²) in [4.78, 5) is 2.22. The average Bonchev–Trinajstić information content (AvgIpc) is 2.63. The van der Waals surface area contributed by atoms with Crippen LogP contribution in [0.1, 0.15) is 31.7 Å². The molecule has 1 atom stereocenters. The smallest absolute Gasteiger partial charge is 0.121 e. The number of nitrogens with zero attached hydrogens (tertiary/aromatic N) is 1. The highest BCUT2D eigenvalue weighted by Gasteiger charge is 2.35. The van der Waals surface area contributed by atoms with Gasteiger partial charge in [-0.2, -0.15) is 0 Å². The quantitative estimate of drug-likeness (QED) is 0.852. The molecule has 0 aromatic heterocycles. The van der Waals surface area contributed by atoms with Gasteiger partial charge in [0.15, 0.2) is 0 Å². The standard InChI is InChI=1S/C22H27ClN2O/c1-22(17-4-3-5-18(23)12-17)13-16-8-11-25(2)15-20(16)21(14-22)26-19-6-9-24-10-7-19/h3-5,8,11-12,14,19,24H,6-7,9-10,13,15H2,1-2H3. The second-order valence-corrected chi connectivity index (χ2v) is 8.35. The SMILES string of the molecule is CN1C=CC2=C(C1)C(OC1CCNCC1)=CC(C)(c1cccc(Cl)c1)C2. The van der Waals surface area contributed by atoms with E-state index in [4.69, 9.17) is 16.3 Å². The van der Waals surface area contributed by atoms with Crippen LogP contribution in [-0.2, 0) is 10.2 Å². The van der Waals surface area contributed by atoms with Crippen molar-refractivity contribution in [3.05, 3.63) is 70.1 Å². The Hall–Kier alpha value is -1.71. The van der Waals surface area contributed by atoms with Crippen LogP contribution in [0.15, 0.2) is 59.5 Å². The van der Waals surface area contributed by atoms with Gasteiger partial charge in [0, 0.05) is 29.6 Å². The normalized spacial score (nSPS) is 26.6. The molecule has 1 aromatic carbocycles. The number of rotatable bonds is 3.